The number of carbonyl (C=O) groups is 1. The van der Waals surface area contributed by atoms with Crippen LogP contribution in [0.5, 0.6) is 0 Å². The molecule has 6 rings (SSSR count). The molecular weight excluding hydrogens is 634 g/mol. The summed E-state index contributed by atoms with van der Waals surface area (Å²) >= 11 is 7.84. The minimum Gasteiger partial charge on any atom is -0.479 e. The summed E-state index contributed by atoms with van der Waals surface area (Å²) in [6, 6.07) is 15.9. The first kappa shape index (κ1) is 33.4. The van der Waals surface area contributed by atoms with E-state index in [0.29, 0.717) is 10.6 Å². The van der Waals surface area contributed by atoms with E-state index in [4.69, 9.17) is 31.2 Å². The van der Waals surface area contributed by atoms with Crippen LogP contribution < -0.4 is 4.90 Å². The molecule has 0 radical (unpaired) electrons. The molecule has 11 heteroatoms. The summed E-state index contributed by atoms with van der Waals surface area (Å²) in [6.45, 7) is 15.8. The fraction of sp³-hybridized carbons (Fsp3) is 0.417. The first-order chi connectivity index (χ1) is 22.4. The van der Waals surface area contributed by atoms with Gasteiger partial charge in [-0.25, -0.2) is 9.78 Å². The Balaban J connectivity index is 1.43. The third-order valence-electron chi connectivity index (χ3n) is 8.52. The lowest BCUT2D eigenvalue weighted by Gasteiger charge is -2.34. The van der Waals surface area contributed by atoms with Crippen molar-refractivity contribution in [3.8, 4) is 21.7 Å². The van der Waals surface area contributed by atoms with E-state index in [0.717, 1.165) is 100 Å². The Hall–Kier alpha value is -3.54. The Labute approximate surface area is 284 Å². The van der Waals surface area contributed by atoms with Crippen LogP contribution in [0.3, 0.4) is 0 Å². The maximum atomic E-state index is 12.7. The Kier molecular flexibility index (Phi) is 9.60. The molecule has 3 heterocycles. The molecule has 5 aromatic rings. The molecule has 1 N–H and O–H groups in total. The topological polar surface area (TPSA) is 93.0 Å². The molecule has 2 aromatic heterocycles. The lowest BCUT2D eigenvalue weighted by Crippen LogP contribution is -2.47. The highest BCUT2D eigenvalue weighted by atomic mass is 35.5. The first-order valence-corrected chi connectivity index (χ1v) is 17.3. The van der Waals surface area contributed by atoms with Crippen LogP contribution in [0.4, 0.5) is 5.82 Å². The number of carboxylic acids is 1. The Morgan fingerprint density at radius 2 is 1.77 bits per heavy atom. The number of aromatic nitrogens is 3. The van der Waals surface area contributed by atoms with Crippen LogP contribution in [0.15, 0.2) is 48.5 Å². The number of hydrogen-bond acceptors (Lipinski definition) is 8. The number of thiazole rings is 1. The third kappa shape index (κ3) is 7.03. The molecule has 0 saturated carbocycles. The van der Waals surface area contributed by atoms with Crippen molar-refractivity contribution in [3.05, 3.63) is 64.7 Å². The summed E-state index contributed by atoms with van der Waals surface area (Å²) in [4.78, 5) is 22.6. The van der Waals surface area contributed by atoms with Gasteiger partial charge in [0.05, 0.1) is 27.9 Å². The number of piperazine rings is 1. The lowest BCUT2D eigenvalue weighted by molar-refractivity contribution is -0.160. The predicted molar refractivity (Wildman–Crippen MR) is 191 cm³/mol. The number of benzene rings is 3. The summed E-state index contributed by atoms with van der Waals surface area (Å²) in [5.74, 6) is -0.0504. The average Bonchev–Trinajstić information content (AvgIpc) is 3.60. The minimum atomic E-state index is -1.16. The van der Waals surface area contributed by atoms with Gasteiger partial charge in [-0.15, -0.1) is 11.3 Å². The second-order valence-electron chi connectivity index (χ2n) is 13.0. The molecule has 0 bridgehead atoms. The van der Waals surface area contributed by atoms with E-state index in [1.807, 2.05) is 76.7 Å². The maximum absolute atomic E-state index is 12.7. The molecule has 47 heavy (non-hydrogen) atoms. The number of aliphatic carboxylic acids is 1. The van der Waals surface area contributed by atoms with Crippen LogP contribution >= 0.6 is 22.9 Å². The number of fused-ring (bicyclic) bond motifs is 2. The van der Waals surface area contributed by atoms with Crippen LogP contribution in [-0.4, -0.2) is 82.3 Å². The van der Waals surface area contributed by atoms with Crippen LogP contribution in [-0.2, 0) is 21.3 Å². The number of nitrogens with zero attached hydrogens (tertiary/aromatic N) is 5. The van der Waals surface area contributed by atoms with Crippen molar-refractivity contribution in [1.82, 2.24) is 19.7 Å². The van der Waals surface area contributed by atoms with Gasteiger partial charge in [-0.1, -0.05) is 23.7 Å². The molecule has 1 atom stereocenters. The van der Waals surface area contributed by atoms with E-state index in [2.05, 4.69) is 28.0 Å². The van der Waals surface area contributed by atoms with Gasteiger partial charge in [-0.3, -0.25) is 9.58 Å². The summed E-state index contributed by atoms with van der Waals surface area (Å²) in [6.07, 6.45) is -1.16. The molecule has 0 spiro atoms. The lowest BCUT2D eigenvalue weighted by atomic mass is 9.91. The van der Waals surface area contributed by atoms with Crippen molar-refractivity contribution in [1.29, 1.82) is 0 Å². The minimum absolute atomic E-state index is 0.609. The van der Waals surface area contributed by atoms with Gasteiger partial charge < -0.3 is 19.5 Å². The van der Waals surface area contributed by atoms with E-state index in [9.17, 15) is 9.90 Å². The number of anilines is 1. The average molecular weight is 676 g/mol. The maximum Gasteiger partial charge on any atom is 0.337 e. The van der Waals surface area contributed by atoms with Gasteiger partial charge in [0.15, 0.2) is 11.9 Å². The standard InChI is InChI=1S/C36H42ClN5O4S/c1-7-45-19-18-41-14-16-42(17-15-41)33-26-21-24(10-13-28(26)40(6)39-33)34-38-27-20-22(2)29(31(35(43)44)46-36(3,4)5)30(32(27)47-34)23-8-11-25(37)12-9-23/h8-13,20-21,31H,7,14-19H2,1-6H3,(H,43,44)/t31-/m0/s1. The van der Waals surface area contributed by atoms with Crippen molar-refractivity contribution in [2.75, 3.05) is 50.8 Å². The van der Waals surface area contributed by atoms with Crippen molar-refractivity contribution in [2.24, 2.45) is 7.05 Å². The normalized spacial score (nSPS) is 15.2. The molecule has 0 unspecified atom stereocenters. The molecule has 0 amide bonds. The zero-order chi connectivity index (χ0) is 33.5. The van der Waals surface area contributed by atoms with Crippen LogP contribution in [0.25, 0.3) is 42.8 Å². The molecule has 0 aliphatic carbocycles. The summed E-state index contributed by atoms with van der Waals surface area (Å²) in [5.41, 5.74) is 5.30. The molecule has 9 nitrogen and oxygen atoms in total. The van der Waals surface area contributed by atoms with Crippen molar-refractivity contribution >= 4 is 55.8 Å². The van der Waals surface area contributed by atoms with Crippen molar-refractivity contribution in [2.45, 2.75) is 46.3 Å². The number of ether oxygens (including phenoxy) is 2. The van der Waals surface area contributed by atoms with Crippen LogP contribution in [0.1, 0.15) is 44.9 Å². The van der Waals surface area contributed by atoms with Gasteiger partial charge >= 0.3 is 5.97 Å². The fourth-order valence-corrected chi connectivity index (χ4v) is 7.54. The van der Waals surface area contributed by atoms with Crippen molar-refractivity contribution < 1.29 is 19.4 Å². The Morgan fingerprint density at radius 3 is 2.43 bits per heavy atom. The second kappa shape index (κ2) is 13.5. The van der Waals surface area contributed by atoms with Gasteiger partial charge in [-0.05, 0) is 82.1 Å². The van der Waals surface area contributed by atoms with Crippen LogP contribution in [0.2, 0.25) is 5.02 Å². The first-order valence-electron chi connectivity index (χ1n) is 16.1. The third-order valence-corrected chi connectivity index (χ3v) is 9.91. The highest BCUT2D eigenvalue weighted by Gasteiger charge is 2.32. The molecule has 1 aliphatic rings. The summed E-state index contributed by atoms with van der Waals surface area (Å²) in [7, 11) is 1.99. The van der Waals surface area contributed by atoms with E-state index >= 15 is 0 Å². The largest absolute Gasteiger partial charge is 0.479 e. The fourth-order valence-electron chi connectivity index (χ4n) is 6.30. The molecular formula is C36H42ClN5O4S. The molecule has 1 saturated heterocycles. The summed E-state index contributed by atoms with van der Waals surface area (Å²) in [5, 5.41) is 17.9. The molecule has 1 fully saturated rings. The second-order valence-corrected chi connectivity index (χ2v) is 14.4. The van der Waals surface area contributed by atoms with Gasteiger partial charge in [0.25, 0.3) is 0 Å². The zero-order valence-corrected chi connectivity index (χ0v) is 29.4. The molecule has 3 aromatic carbocycles. The molecule has 248 valence electrons. The van der Waals surface area contributed by atoms with Gasteiger partial charge in [0.2, 0.25) is 0 Å². The summed E-state index contributed by atoms with van der Waals surface area (Å²) < 4.78 is 14.6. The van der Waals surface area contributed by atoms with Crippen LogP contribution in [0, 0.1) is 6.92 Å². The Morgan fingerprint density at radius 1 is 1.06 bits per heavy atom. The van der Waals surface area contributed by atoms with E-state index in [1.54, 1.807) is 11.3 Å². The highest BCUT2D eigenvalue weighted by molar-refractivity contribution is 7.22. The number of halogens is 1. The number of hydrogen-bond donors (Lipinski definition) is 1. The quantitative estimate of drug-likeness (QED) is 0.152. The number of carboxylic acid groups (broad SMARTS) is 1. The predicted octanol–water partition coefficient (Wildman–Crippen LogP) is 7.58. The van der Waals surface area contributed by atoms with E-state index < -0.39 is 17.7 Å². The zero-order valence-electron chi connectivity index (χ0n) is 27.8. The SMILES string of the molecule is CCOCCN1CCN(c2nn(C)c3ccc(-c4nc5cc(C)c([C@H](OC(C)(C)C)C(=O)O)c(-c6ccc(Cl)cc6)c5s4)cc23)CC1. The van der Waals surface area contributed by atoms with E-state index in [-0.39, 0.29) is 0 Å². The van der Waals surface area contributed by atoms with E-state index in [1.165, 1.54) is 0 Å². The van der Waals surface area contributed by atoms with Crippen molar-refractivity contribution in [3.63, 3.8) is 0 Å². The number of rotatable bonds is 10. The molecule has 1 aliphatic heterocycles. The smallest absolute Gasteiger partial charge is 0.337 e. The monoisotopic (exact) mass is 675 g/mol. The van der Waals surface area contributed by atoms with Gasteiger partial charge in [0.1, 0.15) is 5.01 Å². The highest BCUT2D eigenvalue weighted by Crippen LogP contribution is 2.45. The van der Waals surface area contributed by atoms with Gasteiger partial charge in [-0.2, -0.15) is 5.10 Å². The number of aryl methyl sites for hydroxylation is 2. The Bertz CT molecular complexity index is 1910. The van der Waals surface area contributed by atoms with Gasteiger partial charge in [0, 0.05) is 73.5 Å².